The van der Waals surface area contributed by atoms with Crippen LogP contribution in [0, 0.1) is 3.57 Å². The topological polar surface area (TPSA) is 67.0 Å². The third kappa shape index (κ3) is 3.24. The number of aromatic nitrogens is 2. The second kappa shape index (κ2) is 6.45. The van der Waals surface area contributed by atoms with Crippen molar-refractivity contribution in [2.75, 3.05) is 7.11 Å². The molecule has 2 N–H and O–H groups in total. The van der Waals surface area contributed by atoms with Gasteiger partial charge in [-0.05, 0) is 41.6 Å². The first-order valence-electron chi connectivity index (χ1n) is 5.86. The van der Waals surface area contributed by atoms with Gasteiger partial charge in [0.1, 0.15) is 11.6 Å². The van der Waals surface area contributed by atoms with Crippen LogP contribution in [-0.2, 0) is 0 Å². The maximum atomic E-state index is 12.3. The Balaban J connectivity index is 2.23. The highest BCUT2D eigenvalue weighted by Crippen LogP contribution is 2.28. The second-order valence-electron chi connectivity index (χ2n) is 4.14. The lowest BCUT2D eigenvalue weighted by atomic mass is 10.1. The number of halogens is 2. The summed E-state index contributed by atoms with van der Waals surface area (Å²) in [5, 5.41) is 3.36. The molecular formula is C13H13ClIN3O2. The average Bonchev–Trinajstić information content (AvgIpc) is 2.95. The fourth-order valence-electron chi connectivity index (χ4n) is 1.73. The first-order chi connectivity index (χ1) is 9.52. The van der Waals surface area contributed by atoms with Crippen molar-refractivity contribution in [3.8, 4) is 5.75 Å². The van der Waals surface area contributed by atoms with Crippen LogP contribution in [0.4, 0.5) is 0 Å². The van der Waals surface area contributed by atoms with E-state index >= 15 is 0 Å². The van der Waals surface area contributed by atoms with Crippen molar-refractivity contribution in [1.29, 1.82) is 0 Å². The Morgan fingerprint density at radius 2 is 2.30 bits per heavy atom. The first kappa shape index (κ1) is 15.1. The molecule has 0 aliphatic rings. The maximum Gasteiger partial charge on any atom is 0.255 e. The molecule has 0 aliphatic carbocycles. The second-order valence-corrected chi connectivity index (χ2v) is 5.71. The molecule has 0 saturated heterocycles. The van der Waals surface area contributed by atoms with E-state index in [4.69, 9.17) is 16.3 Å². The van der Waals surface area contributed by atoms with Gasteiger partial charge in [0.05, 0.1) is 23.7 Å². The van der Waals surface area contributed by atoms with Crippen LogP contribution >= 0.6 is 34.2 Å². The number of ether oxygens (including phenoxy) is 1. The number of imidazole rings is 1. The van der Waals surface area contributed by atoms with Gasteiger partial charge in [-0.3, -0.25) is 4.79 Å². The third-order valence-electron chi connectivity index (χ3n) is 2.76. The number of methoxy groups -OCH3 is 1. The molecule has 1 heterocycles. The lowest BCUT2D eigenvalue weighted by Gasteiger charge is -2.14. The normalized spacial score (nSPS) is 12.0. The zero-order chi connectivity index (χ0) is 14.7. The van der Waals surface area contributed by atoms with Crippen LogP contribution in [0.2, 0.25) is 5.02 Å². The van der Waals surface area contributed by atoms with Gasteiger partial charge in [-0.25, -0.2) is 4.98 Å². The van der Waals surface area contributed by atoms with E-state index in [0.717, 1.165) is 3.57 Å². The van der Waals surface area contributed by atoms with Crippen LogP contribution in [0.25, 0.3) is 0 Å². The Bertz CT molecular complexity index is 616. The number of nitrogens with one attached hydrogen (secondary N) is 2. The summed E-state index contributed by atoms with van der Waals surface area (Å²) >= 11 is 8.15. The van der Waals surface area contributed by atoms with Gasteiger partial charge in [0.15, 0.2) is 0 Å². The zero-order valence-corrected chi connectivity index (χ0v) is 13.8. The van der Waals surface area contributed by atoms with E-state index in [0.29, 0.717) is 22.2 Å². The number of carbonyl (C=O) groups is 1. The highest BCUT2D eigenvalue weighted by atomic mass is 127. The van der Waals surface area contributed by atoms with Crippen molar-refractivity contribution >= 4 is 40.1 Å². The number of rotatable bonds is 4. The predicted molar refractivity (Wildman–Crippen MR) is 85.2 cm³/mol. The van der Waals surface area contributed by atoms with Gasteiger partial charge in [0, 0.05) is 16.0 Å². The van der Waals surface area contributed by atoms with Crippen LogP contribution < -0.4 is 10.1 Å². The number of hydrogen-bond acceptors (Lipinski definition) is 3. The van der Waals surface area contributed by atoms with Crippen LogP contribution in [0.3, 0.4) is 0 Å². The minimum absolute atomic E-state index is 0.236. The monoisotopic (exact) mass is 405 g/mol. The summed E-state index contributed by atoms with van der Waals surface area (Å²) in [6, 6.07) is 3.10. The van der Waals surface area contributed by atoms with Crippen LogP contribution in [0.15, 0.2) is 24.5 Å². The van der Waals surface area contributed by atoms with Gasteiger partial charge >= 0.3 is 0 Å². The molecule has 0 spiro atoms. The number of benzene rings is 1. The smallest absolute Gasteiger partial charge is 0.255 e. The lowest BCUT2D eigenvalue weighted by molar-refractivity contribution is 0.0935. The SMILES string of the molecule is COc1cc(I)c(Cl)cc1C(=O)NC(C)c1ncc[nH]1. The van der Waals surface area contributed by atoms with Gasteiger partial charge in [-0.2, -0.15) is 0 Å². The molecule has 0 radical (unpaired) electrons. The Hall–Kier alpha value is -1.28. The van der Waals surface area contributed by atoms with Crippen molar-refractivity contribution in [2.45, 2.75) is 13.0 Å². The van der Waals surface area contributed by atoms with Gasteiger partial charge in [0.2, 0.25) is 0 Å². The molecule has 1 unspecified atom stereocenters. The Morgan fingerprint density at radius 3 is 2.90 bits per heavy atom. The molecule has 1 amide bonds. The molecule has 0 fully saturated rings. The molecule has 0 saturated carbocycles. The highest BCUT2D eigenvalue weighted by Gasteiger charge is 2.18. The number of carbonyl (C=O) groups excluding carboxylic acids is 1. The summed E-state index contributed by atoms with van der Waals surface area (Å²) in [4.78, 5) is 19.4. The van der Waals surface area contributed by atoms with Gasteiger partial charge in [0.25, 0.3) is 5.91 Å². The minimum Gasteiger partial charge on any atom is -0.496 e. The van der Waals surface area contributed by atoms with Crippen LogP contribution in [0.1, 0.15) is 29.1 Å². The fourth-order valence-corrected chi connectivity index (χ4v) is 2.33. The summed E-state index contributed by atoms with van der Waals surface area (Å²) < 4.78 is 6.06. The first-order valence-corrected chi connectivity index (χ1v) is 7.31. The number of H-pyrrole nitrogens is 1. The molecule has 0 bridgehead atoms. The number of nitrogens with zero attached hydrogens (tertiary/aromatic N) is 1. The van der Waals surface area contributed by atoms with E-state index in [9.17, 15) is 4.79 Å². The molecule has 7 heteroatoms. The van der Waals surface area contributed by atoms with Crippen molar-refractivity contribution < 1.29 is 9.53 Å². The van der Waals surface area contributed by atoms with E-state index in [2.05, 4.69) is 37.9 Å². The molecule has 106 valence electrons. The molecule has 2 aromatic rings. The summed E-state index contributed by atoms with van der Waals surface area (Å²) in [6.07, 6.45) is 3.35. The maximum absolute atomic E-state index is 12.3. The van der Waals surface area contributed by atoms with Crippen molar-refractivity contribution in [2.24, 2.45) is 0 Å². The molecule has 20 heavy (non-hydrogen) atoms. The lowest BCUT2D eigenvalue weighted by Crippen LogP contribution is -2.27. The van der Waals surface area contributed by atoms with E-state index < -0.39 is 0 Å². The van der Waals surface area contributed by atoms with E-state index in [1.807, 2.05) is 6.92 Å². The van der Waals surface area contributed by atoms with Crippen LogP contribution in [-0.4, -0.2) is 23.0 Å². The fraction of sp³-hybridized carbons (Fsp3) is 0.231. The van der Waals surface area contributed by atoms with Crippen molar-refractivity contribution in [3.63, 3.8) is 0 Å². The van der Waals surface area contributed by atoms with Gasteiger partial charge in [-0.15, -0.1) is 0 Å². The Labute approximate surface area is 135 Å². The quantitative estimate of drug-likeness (QED) is 0.768. The van der Waals surface area contributed by atoms with Crippen molar-refractivity contribution in [1.82, 2.24) is 15.3 Å². The molecule has 1 aromatic carbocycles. The summed E-state index contributed by atoms with van der Waals surface area (Å²) in [5.41, 5.74) is 0.399. The number of aromatic amines is 1. The van der Waals surface area contributed by atoms with E-state index in [1.54, 1.807) is 24.5 Å². The molecule has 1 aromatic heterocycles. The minimum atomic E-state index is -0.260. The van der Waals surface area contributed by atoms with E-state index in [1.165, 1.54) is 7.11 Å². The summed E-state index contributed by atoms with van der Waals surface area (Å²) in [6.45, 7) is 1.84. The summed E-state index contributed by atoms with van der Waals surface area (Å²) in [7, 11) is 1.52. The molecule has 0 aliphatic heterocycles. The van der Waals surface area contributed by atoms with Crippen LogP contribution in [0.5, 0.6) is 5.75 Å². The standard InChI is InChI=1S/C13H13ClIN3O2/c1-7(12-16-3-4-17-12)18-13(19)8-5-9(14)10(15)6-11(8)20-2/h3-7H,1-2H3,(H,16,17)(H,18,19). The molecular weight excluding hydrogens is 393 g/mol. The molecule has 1 atom stereocenters. The summed E-state index contributed by atoms with van der Waals surface area (Å²) in [5.74, 6) is 0.918. The third-order valence-corrected chi connectivity index (χ3v) is 4.29. The van der Waals surface area contributed by atoms with Gasteiger partial charge in [-0.1, -0.05) is 11.6 Å². The number of amides is 1. The Morgan fingerprint density at radius 1 is 1.55 bits per heavy atom. The van der Waals surface area contributed by atoms with Gasteiger partial charge < -0.3 is 15.0 Å². The predicted octanol–water partition coefficient (Wildman–Crippen LogP) is 3.17. The average molecular weight is 406 g/mol. The highest BCUT2D eigenvalue weighted by molar-refractivity contribution is 14.1. The van der Waals surface area contributed by atoms with E-state index in [-0.39, 0.29) is 11.9 Å². The Kier molecular flexibility index (Phi) is 4.87. The number of hydrogen-bond donors (Lipinski definition) is 2. The molecule has 2 rings (SSSR count). The largest absolute Gasteiger partial charge is 0.496 e. The zero-order valence-electron chi connectivity index (χ0n) is 10.9. The molecule has 5 nitrogen and oxygen atoms in total. The van der Waals surface area contributed by atoms with Crippen molar-refractivity contribution in [3.05, 3.63) is 44.5 Å².